The standard InChI is InChI=1S/C31H36ClN3O5S/c1-22-8-14-27(15-9-22)35(41(38,39)29-18-12-25(32)13-19-29)21-30(36)34(20-24-10-16-28(40-3)17-11-24)23(2)31(37)33-26-6-4-5-7-26/h8-19,23,26H,4-7,20-21H2,1-3H3,(H,33,37)/t23-/m1/s1. The van der Waals surface area contributed by atoms with Crippen molar-refractivity contribution in [2.45, 2.75) is 63.1 Å². The van der Waals surface area contributed by atoms with Gasteiger partial charge in [-0.2, -0.15) is 0 Å². The van der Waals surface area contributed by atoms with Crippen molar-refractivity contribution in [3.05, 3.63) is 88.9 Å². The van der Waals surface area contributed by atoms with Crippen LogP contribution in [0.4, 0.5) is 5.69 Å². The average Bonchev–Trinajstić information content (AvgIpc) is 3.48. The van der Waals surface area contributed by atoms with E-state index in [9.17, 15) is 18.0 Å². The van der Waals surface area contributed by atoms with Crippen molar-refractivity contribution in [2.24, 2.45) is 0 Å². The average molecular weight is 598 g/mol. The Hall–Kier alpha value is -3.56. The SMILES string of the molecule is COc1ccc(CN(C(=O)CN(c2ccc(C)cc2)S(=O)(=O)c2ccc(Cl)cc2)[C@H](C)C(=O)NC2CCCC2)cc1. The Morgan fingerprint density at radius 1 is 0.976 bits per heavy atom. The smallest absolute Gasteiger partial charge is 0.264 e. The molecule has 0 radical (unpaired) electrons. The Kier molecular flexibility index (Phi) is 9.94. The van der Waals surface area contributed by atoms with Gasteiger partial charge in [0, 0.05) is 17.6 Å². The lowest BCUT2D eigenvalue weighted by Gasteiger charge is -2.32. The third kappa shape index (κ3) is 7.59. The van der Waals surface area contributed by atoms with Gasteiger partial charge in [-0.1, -0.05) is 54.3 Å². The van der Waals surface area contributed by atoms with Gasteiger partial charge in [0.25, 0.3) is 10.0 Å². The second-order valence-electron chi connectivity index (χ2n) is 10.3. The van der Waals surface area contributed by atoms with Crippen LogP contribution in [0.5, 0.6) is 5.75 Å². The van der Waals surface area contributed by atoms with Crippen molar-refractivity contribution >= 4 is 39.1 Å². The van der Waals surface area contributed by atoms with Gasteiger partial charge in [0.05, 0.1) is 17.7 Å². The number of methoxy groups -OCH3 is 1. The van der Waals surface area contributed by atoms with Crippen LogP contribution in [-0.2, 0) is 26.2 Å². The van der Waals surface area contributed by atoms with Gasteiger partial charge >= 0.3 is 0 Å². The molecule has 10 heteroatoms. The normalized spacial score (nSPS) is 14.3. The van der Waals surface area contributed by atoms with Gasteiger partial charge in [-0.25, -0.2) is 8.42 Å². The number of nitrogens with zero attached hydrogens (tertiary/aromatic N) is 2. The van der Waals surface area contributed by atoms with Crippen molar-refractivity contribution in [1.29, 1.82) is 0 Å². The molecule has 0 aromatic heterocycles. The van der Waals surface area contributed by atoms with Crippen molar-refractivity contribution < 1.29 is 22.7 Å². The van der Waals surface area contributed by atoms with Crippen molar-refractivity contribution in [3.8, 4) is 5.75 Å². The van der Waals surface area contributed by atoms with Crippen LogP contribution < -0.4 is 14.4 Å². The number of ether oxygens (including phenoxy) is 1. The molecule has 2 amide bonds. The Morgan fingerprint density at radius 3 is 2.17 bits per heavy atom. The van der Waals surface area contributed by atoms with E-state index in [0.29, 0.717) is 16.5 Å². The molecule has 218 valence electrons. The topological polar surface area (TPSA) is 96.0 Å². The summed E-state index contributed by atoms with van der Waals surface area (Å²) in [5.41, 5.74) is 2.07. The summed E-state index contributed by atoms with van der Waals surface area (Å²) in [7, 11) is -2.58. The van der Waals surface area contributed by atoms with E-state index in [1.165, 1.54) is 29.2 Å². The zero-order valence-corrected chi connectivity index (χ0v) is 25.1. The van der Waals surface area contributed by atoms with E-state index < -0.39 is 28.5 Å². The largest absolute Gasteiger partial charge is 0.497 e. The highest BCUT2D eigenvalue weighted by molar-refractivity contribution is 7.92. The molecule has 1 aliphatic rings. The fourth-order valence-corrected chi connectivity index (χ4v) is 6.42. The van der Waals surface area contributed by atoms with Crippen LogP contribution in [0.1, 0.15) is 43.7 Å². The van der Waals surface area contributed by atoms with E-state index in [4.69, 9.17) is 16.3 Å². The Morgan fingerprint density at radius 2 is 1.59 bits per heavy atom. The summed E-state index contributed by atoms with van der Waals surface area (Å²) in [5, 5.41) is 3.47. The molecule has 3 aromatic carbocycles. The monoisotopic (exact) mass is 597 g/mol. The van der Waals surface area contributed by atoms with E-state index in [-0.39, 0.29) is 23.4 Å². The lowest BCUT2D eigenvalue weighted by Crippen LogP contribution is -2.52. The van der Waals surface area contributed by atoms with Crippen LogP contribution in [0.25, 0.3) is 0 Å². The zero-order valence-electron chi connectivity index (χ0n) is 23.5. The number of benzene rings is 3. The van der Waals surface area contributed by atoms with Crippen molar-refractivity contribution in [2.75, 3.05) is 18.0 Å². The summed E-state index contributed by atoms with van der Waals surface area (Å²) in [6.45, 7) is 3.19. The molecular formula is C31H36ClN3O5S. The van der Waals surface area contributed by atoms with Gasteiger partial charge in [0.15, 0.2) is 0 Å². The number of carbonyl (C=O) groups is 2. The predicted molar refractivity (Wildman–Crippen MR) is 161 cm³/mol. The maximum absolute atomic E-state index is 14.0. The highest BCUT2D eigenvalue weighted by Gasteiger charge is 2.33. The summed E-state index contributed by atoms with van der Waals surface area (Å²) >= 11 is 6.01. The van der Waals surface area contributed by atoms with Crippen molar-refractivity contribution in [1.82, 2.24) is 10.2 Å². The van der Waals surface area contributed by atoms with Crippen molar-refractivity contribution in [3.63, 3.8) is 0 Å². The number of anilines is 1. The van der Waals surface area contributed by atoms with Gasteiger partial charge in [0.1, 0.15) is 18.3 Å². The van der Waals surface area contributed by atoms with Crippen LogP contribution in [-0.4, -0.2) is 50.9 Å². The molecule has 0 saturated heterocycles. The number of rotatable bonds is 11. The number of hydrogen-bond donors (Lipinski definition) is 1. The number of amides is 2. The van der Waals surface area contributed by atoms with E-state index in [1.54, 1.807) is 50.4 Å². The van der Waals surface area contributed by atoms with Gasteiger partial charge in [-0.3, -0.25) is 13.9 Å². The first-order valence-corrected chi connectivity index (χ1v) is 15.5. The number of halogens is 1. The Bertz CT molecular complexity index is 1440. The molecule has 0 heterocycles. The number of aryl methyl sites for hydroxylation is 1. The zero-order chi connectivity index (χ0) is 29.6. The van der Waals surface area contributed by atoms with Gasteiger partial charge in [0.2, 0.25) is 11.8 Å². The molecule has 1 N–H and O–H groups in total. The first-order chi connectivity index (χ1) is 19.6. The third-order valence-electron chi connectivity index (χ3n) is 7.38. The van der Waals surface area contributed by atoms with Crippen LogP contribution >= 0.6 is 11.6 Å². The highest BCUT2D eigenvalue weighted by Crippen LogP contribution is 2.26. The maximum atomic E-state index is 14.0. The van der Waals surface area contributed by atoms with Crippen LogP contribution in [0, 0.1) is 6.92 Å². The second-order valence-corrected chi connectivity index (χ2v) is 12.6. The first kappa shape index (κ1) is 30.4. The van der Waals surface area contributed by atoms with E-state index >= 15 is 0 Å². The summed E-state index contributed by atoms with van der Waals surface area (Å²) in [4.78, 5) is 28.8. The Balaban J connectivity index is 1.67. The molecule has 1 atom stereocenters. The number of carbonyl (C=O) groups excluding carboxylic acids is 2. The van der Waals surface area contributed by atoms with E-state index in [0.717, 1.165) is 41.1 Å². The molecule has 0 bridgehead atoms. The Labute approximate surface area is 247 Å². The number of nitrogens with one attached hydrogen (secondary N) is 1. The molecule has 1 aliphatic carbocycles. The van der Waals surface area contributed by atoms with E-state index in [2.05, 4.69) is 5.32 Å². The number of hydrogen-bond acceptors (Lipinski definition) is 5. The quantitative estimate of drug-likeness (QED) is 0.322. The molecular weight excluding hydrogens is 562 g/mol. The molecule has 0 spiro atoms. The minimum absolute atomic E-state index is 0.00371. The second kappa shape index (κ2) is 13.4. The van der Waals surface area contributed by atoms with Crippen LogP contribution in [0.2, 0.25) is 5.02 Å². The molecule has 0 aliphatic heterocycles. The highest BCUT2D eigenvalue weighted by atomic mass is 35.5. The lowest BCUT2D eigenvalue weighted by atomic mass is 10.1. The maximum Gasteiger partial charge on any atom is 0.264 e. The first-order valence-electron chi connectivity index (χ1n) is 13.7. The fourth-order valence-electron chi connectivity index (χ4n) is 4.88. The third-order valence-corrected chi connectivity index (χ3v) is 9.42. The molecule has 8 nitrogen and oxygen atoms in total. The van der Waals surface area contributed by atoms with Gasteiger partial charge in [-0.15, -0.1) is 0 Å². The molecule has 1 saturated carbocycles. The van der Waals surface area contributed by atoms with Gasteiger partial charge < -0.3 is 15.0 Å². The molecule has 41 heavy (non-hydrogen) atoms. The van der Waals surface area contributed by atoms with E-state index in [1.807, 2.05) is 19.1 Å². The molecule has 1 fully saturated rings. The summed E-state index contributed by atoms with van der Waals surface area (Å²) < 4.78 is 34.1. The van der Waals surface area contributed by atoms with Crippen LogP contribution in [0.15, 0.2) is 77.7 Å². The minimum Gasteiger partial charge on any atom is -0.497 e. The summed E-state index contributed by atoms with van der Waals surface area (Å²) in [6.07, 6.45) is 3.93. The summed E-state index contributed by atoms with van der Waals surface area (Å²) in [5.74, 6) is -0.104. The minimum atomic E-state index is -4.15. The molecule has 0 unspecified atom stereocenters. The predicted octanol–water partition coefficient (Wildman–Crippen LogP) is 5.33. The number of sulfonamides is 1. The fraction of sp³-hybridized carbons (Fsp3) is 0.355. The molecule has 4 rings (SSSR count). The lowest BCUT2D eigenvalue weighted by molar-refractivity contribution is -0.139. The van der Waals surface area contributed by atoms with Crippen LogP contribution in [0.3, 0.4) is 0 Å². The van der Waals surface area contributed by atoms with Gasteiger partial charge in [-0.05, 0) is 80.8 Å². The summed E-state index contributed by atoms with van der Waals surface area (Å²) in [6, 6.07) is 19.2. The molecule has 3 aromatic rings.